The normalized spacial score (nSPS) is 10.6. The minimum absolute atomic E-state index is 0.169. The van der Waals surface area contributed by atoms with Gasteiger partial charge in [-0.1, -0.05) is 6.07 Å². The van der Waals surface area contributed by atoms with Crippen LogP contribution in [0.15, 0.2) is 27.9 Å². The van der Waals surface area contributed by atoms with Crippen LogP contribution in [0.25, 0.3) is 11.1 Å². The number of aryl methyl sites for hydroxylation is 3. The Labute approximate surface area is 117 Å². The van der Waals surface area contributed by atoms with Crippen LogP contribution >= 0.6 is 12.6 Å². The van der Waals surface area contributed by atoms with Crippen LogP contribution in [0.4, 0.5) is 0 Å². The zero-order valence-corrected chi connectivity index (χ0v) is 12.3. The summed E-state index contributed by atoms with van der Waals surface area (Å²) in [6.07, 6.45) is 0. The van der Waals surface area contributed by atoms with Gasteiger partial charge in [0.25, 0.3) is 5.56 Å². The Hall–Kier alpha value is -1.75. The van der Waals surface area contributed by atoms with Crippen LogP contribution in [0, 0.1) is 13.8 Å². The van der Waals surface area contributed by atoms with Gasteiger partial charge < -0.3 is 4.74 Å². The zero-order valence-electron chi connectivity index (χ0n) is 11.4. The van der Waals surface area contributed by atoms with Gasteiger partial charge in [0.05, 0.1) is 12.7 Å². The Kier molecular flexibility index (Phi) is 3.66. The molecule has 0 aliphatic carbocycles. The van der Waals surface area contributed by atoms with Gasteiger partial charge in [0, 0.05) is 11.9 Å². The average molecular weight is 276 g/mol. The molecule has 1 aromatic heterocycles. The third kappa shape index (κ3) is 2.38. The van der Waals surface area contributed by atoms with Crippen LogP contribution in [-0.4, -0.2) is 16.9 Å². The van der Waals surface area contributed by atoms with Crippen molar-refractivity contribution >= 4 is 12.6 Å². The third-order valence-electron chi connectivity index (χ3n) is 3.05. The summed E-state index contributed by atoms with van der Waals surface area (Å²) in [5.41, 5.74) is 2.89. The minimum Gasteiger partial charge on any atom is -0.494 e. The van der Waals surface area contributed by atoms with E-state index in [1.807, 2.05) is 32.0 Å². The van der Waals surface area contributed by atoms with Crippen LogP contribution in [0.3, 0.4) is 0 Å². The van der Waals surface area contributed by atoms with Crippen LogP contribution < -0.4 is 10.3 Å². The minimum atomic E-state index is -0.169. The van der Waals surface area contributed by atoms with Gasteiger partial charge in [0.2, 0.25) is 0 Å². The second-order valence-corrected chi connectivity index (χ2v) is 4.94. The van der Waals surface area contributed by atoms with Gasteiger partial charge in [-0.2, -0.15) is 5.10 Å². The van der Waals surface area contributed by atoms with Crippen molar-refractivity contribution in [3.63, 3.8) is 0 Å². The molecule has 0 aliphatic rings. The fraction of sp³-hybridized carbons (Fsp3) is 0.286. The predicted octanol–water partition coefficient (Wildman–Crippen LogP) is 2.36. The number of aromatic nitrogens is 2. The maximum absolute atomic E-state index is 12.3. The summed E-state index contributed by atoms with van der Waals surface area (Å²) in [6, 6.07) is 5.67. The van der Waals surface area contributed by atoms with E-state index in [4.69, 9.17) is 4.74 Å². The first-order valence-electron chi connectivity index (χ1n) is 5.87. The van der Waals surface area contributed by atoms with E-state index >= 15 is 0 Å². The zero-order chi connectivity index (χ0) is 14.2. The molecule has 0 N–H and O–H groups in total. The smallest absolute Gasteiger partial charge is 0.278 e. The summed E-state index contributed by atoms with van der Waals surface area (Å²) in [5, 5.41) is 4.14. The fourth-order valence-corrected chi connectivity index (χ4v) is 2.44. The highest BCUT2D eigenvalue weighted by atomic mass is 32.1. The lowest BCUT2D eigenvalue weighted by Gasteiger charge is -2.13. The molecule has 5 heteroatoms. The van der Waals surface area contributed by atoms with Crippen molar-refractivity contribution in [2.24, 2.45) is 7.05 Å². The number of hydrogen-bond acceptors (Lipinski definition) is 4. The fourth-order valence-electron chi connectivity index (χ4n) is 2.17. The highest BCUT2D eigenvalue weighted by molar-refractivity contribution is 7.80. The topological polar surface area (TPSA) is 44.1 Å². The second-order valence-electron chi connectivity index (χ2n) is 4.42. The van der Waals surface area contributed by atoms with Gasteiger partial charge >= 0.3 is 0 Å². The summed E-state index contributed by atoms with van der Waals surface area (Å²) < 4.78 is 6.69. The van der Waals surface area contributed by atoms with E-state index in [0.29, 0.717) is 17.0 Å². The lowest BCUT2D eigenvalue weighted by molar-refractivity contribution is 0.405. The monoisotopic (exact) mass is 276 g/mol. The van der Waals surface area contributed by atoms with Crippen molar-refractivity contribution in [3.05, 3.63) is 39.8 Å². The number of hydrogen-bond donors (Lipinski definition) is 1. The highest BCUT2D eigenvalue weighted by Crippen LogP contribution is 2.31. The second kappa shape index (κ2) is 5.09. The molecule has 0 radical (unpaired) electrons. The maximum Gasteiger partial charge on any atom is 0.278 e. The standard InChI is InChI=1S/C14H16N2O2S/c1-8-7-10(19)5-6-11(8)12-13(18-4)9(2)15-16(3)14(12)17/h5-7,19H,1-4H3. The van der Waals surface area contributed by atoms with Crippen molar-refractivity contribution in [3.8, 4) is 16.9 Å². The van der Waals surface area contributed by atoms with Gasteiger partial charge in [-0.3, -0.25) is 4.79 Å². The number of nitrogens with zero attached hydrogens (tertiary/aromatic N) is 2. The average Bonchev–Trinajstić information content (AvgIpc) is 2.34. The van der Waals surface area contributed by atoms with E-state index in [-0.39, 0.29) is 5.56 Å². The Morgan fingerprint density at radius 3 is 2.58 bits per heavy atom. The Morgan fingerprint density at radius 1 is 1.32 bits per heavy atom. The SMILES string of the molecule is COc1c(C)nn(C)c(=O)c1-c1ccc(S)cc1C. The first-order chi connectivity index (χ1) is 8.95. The van der Waals surface area contributed by atoms with E-state index < -0.39 is 0 Å². The van der Waals surface area contributed by atoms with E-state index in [1.54, 1.807) is 14.2 Å². The maximum atomic E-state index is 12.3. The quantitative estimate of drug-likeness (QED) is 0.856. The van der Waals surface area contributed by atoms with E-state index in [9.17, 15) is 4.79 Å². The molecule has 0 bridgehead atoms. The highest BCUT2D eigenvalue weighted by Gasteiger charge is 2.17. The van der Waals surface area contributed by atoms with Gasteiger partial charge in [-0.25, -0.2) is 4.68 Å². The first kappa shape index (κ1) is 13.7. The van der Waals surface area contributed by atoms with Gasteiger partial charge in [-0.15, -0.1) is 12.6 Å². The molecular formula is C14H16N2O2S. The van der Waals surface area contributed by atoms with E-state index in [0.717, 1.165) is 16.0 Å². The van der Waals surface area contributed by atoms with E-state index in [2.05, 4.69) is 17.7 Å². The largest absolute Gasteiger partial charge is 0.494 e. The third-order valence-corrected chi connectivity index (χ3v) is 3.33. The number of ether oxygens (including phenoxy) is 1. The molecular weight excluding hydrogens is 260 g/mol. The molecule has 1 heterocycles. The summed E-state index contributed by atoms with van der Waals surface area (Å²) in [4.78, 5) is 13.2. The molecule has 2 rings (SSSR count). The van der Waals surface area contributed by atoms with Crippen molar-refractivity contribution in [1.82, 2.24) is 9.78 Å². The molecule has 1 aromatic carbocycles. The molecule has 0 atom stereocenters. The summed E-state index contributed by atoms with van der Waals surface area (Å²) >= 11 is 4.30. The summed E-state index contributed by atoms with van der Waals surface area (Å²) in [5.74, 6) is 0.526. The molecule has 4 nitrogen and oxygen atoms in total. The molecule has 0 amide bonds. The molecule has 0 saturated carbocycles. The summed E-state index contributed by atoms with van der Waals surface area (Å²) in [7, 11) is 3.19. The molecule has 19 heavy (non-hydrogen) atoms. The van der Waals surface area contributed by atoms with Crippen LogP contribution in [0.5, 0.6) is 5.75 Å². The number of thiol groups is 1. The lowest BCUT2D eigenvalue weighted by atomic mass is 10.0. The molecule has 0 spiro atoms. The lowest BCUT2D eigenvalue weighted by Crippen LogP contribution is -2.23. The molecule has 0 aliphatic heterocycles. The van der Waals surface area contributed by atoms with Crippen LogP contribution in [-0.2, 0) is 7.05 Å². The Balaban J connectivity index is 2.84. The van der Waals surface area contributed by atoms with Gasteiger partial charge in [0.15, 0.2) is 5.75 Å². The van der Waals surface area contributed by atoms with Gasteiger partial charge in [0.1, 0.15) is 5.69 Å². The van der Waals surface area contributed by atoms with E-state index in [1.165, 1.54) is 4.68 Å². The number of rotatable bonds is 2. The van der Waals surface area contributed by atoms with Crippen molar-refractivity contribution < 1.29 is 4.74 Å². The molecule has 2 aromatic rings. The predicted molar refractivity (Wildman–Crippen MR) is 78.2 cm³/mol. The van der Waals surface area contributed by atoms with Crippen molar-refractivity contribution in [2.75, 3.05) is 7.11 Å². The van der Waals surface area contributed by atoms with Crippen molar-refractivity contribution in [2.45, 2.75) is 18.7 Å². The van der Waals surface area contributed by atoms with Crippen LogP contribution in [0.1, 0.15) is 11.3 Å². The Morgan fingerprint density at radius 2 is 2.00 bits per heavy atom. The number of methoxy groups -OCH3 is 1. The Bertz CT molecular complexity index is 693. The summed E-state index contributed by atoms with van der Waals surface area (Å²) in [6.45, 7) is 3.77. The van der Waals surface area contributed by atoms with Crippen LogP contribution in [0.2, 0.25) is 0 Å². The molecule has 0 fully saturated rings. The van der Waals surface area contributed by atoms with Gasteiger partial charge in [-0.05, 0) is 37.1 Å². The van der Waals surface area contributed by atoms with Crippen molar-refractivity contribution in [1.29, 1.82) is 0 Å². The number of benzene rings is 1. The molecule has 0 saturated heterocycles. The molecule has 100 valence electrons. The molecule has 0 unspecified atom stereocenters. The first-order valence-corrected chi connectivity index (χ1v) is 6.32.